The smallest absolute Gasteiger partial charge is 0.108 e. The molecule has 1 fully saturated rings. The largest absolute Gasteiger partial charge is 0.338 e. The molecule has 1 aliphatic carbocycles. The van der Waals surface area contributed by atoms with Gasteiger partial charge >= 0.3 is 0 Å². The molecule has 0 aromatic carbocycles. The Bertz CT molecular complexity index is 347. The number of hydrazine groups is 1. The highest BCUT2D eigenvalue weighted by Gasteiger charge is 2.17. The summed E-state index contributed by atoms with van der Waals surface area (Å²) in [4.78, 5) is 4.35. The van der Waals surface area contributed by atoms with E-state index in [1.165, 1.54) is 25.7 Å². The number of nitrogens with two attached hydrogens (primary N) is 1. The Hall–Kier alpha value is -0.520. The van der Waals surface area contributed by atoms with E-state index in [0.29, 0.717) is 6.04 Å². The van der Waals surface area contributed by atoms with Crippen LogP contribution >= 0.6 is 11.8 Å². The fraction of sp³-hybridized carbons (Fsp3) is 0.769. The van der Waals surface area contributed by atoms with Crippen LogP contribution in [0.2, 0.25) is 0 Å². The summed E-state index contributed by atoms with van der Waals surface area (Å²) < 4.78 is 2.08. The summed E-state index contributed by atoms with van der Waals surface area (Å²) in [6, 6.07) is 0.396. The molecule has 1 saturated carbocycles. The van der Waals surface area contributed by atoms with Gasteiger partial charge in [-0.15, -0.1) is 0 Å². The zero-order chi connectivity index (χ0) is 12.8. The Morgan fingerprint density at radius 1 is 1.56 bits per heavy atom. The molecule has 0 aliphatic heterocycles. The van der Waals surface area contributed by atoms with Crippen molar-refractivity contribution in [2.75, 3.05) is 5.75 Å². The van der Waals surface area contributed by atoms with Gasteiger partial charge in [0.05, 0.1) is 0 Å². The summed E-state index contributed by atoms with van der Waals surface area (Å²) in [5.41, 5.74) is 2.95. The normalized spacial score (nSPS) is 18.3. The van der Waals surface area contributed by atoms with Crippen molar-refractivity contribution >= 4 is 11.8 Å². The third kappa shape index (κ3) is 4.00. The molecule has 0 bridgehead atoms. The molecular weight excluding hydrogens is 244 g/mol. The van der Waals surface area contributed by atoms with E-state index in [4.69, 9.17) is 5.84 Å². The quantitative estimate of drug-likeness (QED) is 0.585. The van der Waals surface area contributed by atoms with Gasteiger partial charge in [0.25, 0.3) is 0 Å². The molecule has 0 saturated heterocycles. The lowest BCUT2D eigenvalue weighted by Crippen LogP contribution is -2.37. The fourth-order valence-electron chi connectivity index (χ4n) is 2.46. The van der Waals surface area contributed by atoms with Crippen LogP contribution in [0.5, 0.6) is 0 Å². The van der Waals surface area contributed by atoms with E-state index in [-0.39, 0.29) is 0 Å². The summed E-state index contributed by atoms with van der Waals surface area (Å²) in [5.74, 6) is 7.90. The number of hydrogen-bond acceptors (Lipinski definition) is 4. The average Bonchev–Trinajstić information content (AvgIpc) is 3.01. The highest BCUT2D eigenvalue weighted by molar-refractivity contribution is 7.99. The summed E-state index contributed by atoms with van der Waals surface area (Å²) >= 11 is 2.09. The third-order valence-corrected chi connectivity index (χ3v) is 5.25. The first-order chi connectivity index (χ1) is 8.79. The number of thioether (sulfide) groups is 1. The van der Waals surface area contributed by atoms with Crippen LogP contribution in [0.1, 0.15) is 37.9 Å². The lowest BCUT2D eigenvalue weighted by molar-refractivity contribution is 0.527. The second-order valence-electron chi connectivity index (χ2n) is 5.10. The molecule has 18 heavy (non-hydrogen) atoms. The Morgan fingerprint density at radius 2 is 2.33 bits per heavy atom. The lowest BCUT2D eigenvalue weighted by Gasteiger charge is -2.17. The Balaban J connectivity index is 1.70. The molecule has 1 heterocycles. The van der Waals surface area contributed by atoms with Gasteiger partial charge in [-0.1, -0.05) is 12.8 Å². The molecule has 5 heteroatoms. The van der Waals surface area contributed by atoms with Crippen LogP contribution in [0.25, 0.3) is 0 Å². The SMILES string of the molecule is Cn1ccnc1CCC(CSC1CCCC1)NN. The molecule has 4 nitrogen and oxygen atoms in total. The van der Waals surface area contributed by atoms with E-state index in [2.05, 4.69) is 26.7 Å². The molecule has 0 amide bonds. The molecule has 2 rings (SSSR count). The van der Waals surface area contributed by atoms with E-state index in [0.717, 1.165) is 29.7 Å². The summed E-state index contributed by atoms with van der Waals surface area (Å²) in [7, 11) is 2.04. The summed E-state index contributed by atoms with van der Waals surface area (Å²) in [6.07, 6.45) is 11.5. The van der Waals surface area contributed by atoms with Crippen molar-refractivity contribution in [1.82, 2.24) is 15.0 Å². The van der Waals surface area contributed by atoms with Crippen molar-refractivity contribution < 1.29 is 0 Å². The van der Waals surface area contributed by atoms with E-state index < -0.39 is 0 Å². The maximum atomic E-state index is 5.64. The standard InChI is InChI=1S/C13H24N4S/c1-17-9-8-15-13(17)7-6-11(16-14)10-18-12-4-2-3-5-12/h8-9,11-12,16H,2-7,10,14H2,1H3. The molecule has 1 atom stereocenters. The number of hydrogen-bond donors (Lipinski definition) is 2. The minimum absolute atomic E-state index is 0.396. The van der Waals surface area contributed by atoms with Crippen LogP contribution in [0.3, 0.4) is 0 Å². The Morgan fingerprint density at radius 3 is 2.94 bits per heavy atom. The highest BCUT2D eigenvalue weighted by atomic mass is 32.2. The van der Waals surface area contributed by atoms with Crippen molar-refractivity contribution in [2.45, 2.75) is 49.8 Å². The van der Waals surface area contributed by atoms with E-state index in [1.54, 1.807) is 0 Å². The van der Waals surface area contributed by atoms with Crippen LogP contribution in [0.4, 0.5) is 0 Å². The molecule has 1 aliphatic rings. The zero-order valence-electron chi connectivity index (χ0n) is 11.1. The van der Waals surface area contributed by atoms with Gasteiger partial charge < -0.3 is 4.57 Å². The fourth-order valence-corrected chi connectivity index (χ4v) is 3.90. The van der Waals surface area contributed by atoms with Crippen LogP contribution in [0.15, 0.2) is 12.4 Å². The van der Waals surface area contributed by atoms with Crippen molar-refractivity contribution in [2.24, 2.45) is 12.9 Å². The van der Waals surface area contributed by atoms with Crippen LogP contribution in [0, 0.1) is 0 Å². The molecule has 1 aromatic heterocycles. The summed E-state index contributed by atoms with van der Waals surface area (Å²) in [6.45, 7) is 0. The van der Waals surface area contributed by atoms with Crippen molar-refractivity contribution in [3.63, 3.8) is 0 Å². The van der Waals surface area contributed by atoms with Gasteiger partial charge in [0.2, 0.25) is 0 Å². The molecule has 0 radical (unpaired) electrons. The van der Waals surface area contributed by atoms with E-state index >= 15 is 0 Å². The van der Waals surface area contributed by atoms with Crippen molar-refractivity contribution in [3.05, 3.63) is 18.2 Å². The maximum Gasteiger partial charge on any atom is 0.108 e. The minimum Gasteiger partial charge on any atom is -0.338 e. The predicted octanol–water partition coefficient (Wildman–Crippen LogP) is 1.86. The number of aryl methyl sites for hydroxylation is 2. The van der Waals surface area contributed by atoms with Gasteiger partial charge in [-0.25, -0.2) is 4.98 Å². The van der Waals surface area contributed by atoms with Gasteiger partial charge in [-0.3, -0.25) is 11.3 Å². The highest BCUT2D eigenvalue weighted by Crippen LogP contribution is 2.29. The number of aromatic nitrogens is 2. The molecule has 3 N–H and O–H groups in total. The number of nitrogens with zero attached hydrogens (tertiary/aromatic N) is 2. The van der Waals surface area contributed by atoms with Gasteiger partial charge in [0.1, 0.15) is 5.82 Å². The Labute approximate surface area is 114 Å². The first-order valence-electron chi connectivity index (χ1n) is 6.83. The van der Waals surface area contributed by atoms with Crippen LogP contribution in [-0.4, -0.2) is 26.6 Å². The molecule has 1 aromatic rings. The van der Waals surface area contributed by atoms with Gasteiger partial charge in [-0.2, -0.15) is 11.8 Å². The second-order valence-corrected chi connectivity index (χ2v) is 6.43. The van der Waals surface area contributed by atoms with E-state index in [1.807, 2.05) is 19.4 Å². The maximum absolute atomic E-state index is 5.64. The van der Waals surface area contributed by atoms with Crippen molar-refractivity contribution in [1.29, 1.82) is 0 Å². The average molecular weight is 268 g/mol. The number of rotatable bonds is 7. The van der Waals surface area contributed by atoms with Crippen LogP contribution in [-0.2, 0) is 13.5 Å². The molecular formula is C13H24N4S. The van der Waals surface area contributed by atoms with Gasteiger partial charge in [-0.05, 0) is 19.3 Å². The van der Waals surface area contributed by atoms with Crippen molar-refractivity contribution in [3.8, 4) is 0 Å². The number of imidazole rings is 1. The first kappa shape index (κ1) is 13.9. The number of nitrogens with one attached hydrogen (secondary N) is 1. The third-order valence-electron chi connectivity index (χ3n) is 3.71. The Kier molecular flexibility index (Phi) is 5.53. The lowest BCUT2D eigenvalue weighted by atomic mass is 10.2. The van der Waals surface area contributed by atoms with Crippen LogP contribution < -0.4 is 11.3 Å². The monoisotopic (exact) mass is 268 g/mol. The second kappa shape index (κ2) is 7.16. The molecule has 0 spiro atoms. The van der Waals surface area contributed by atoms with Gasteiger partial charge in [0, 0.05) is 42.9 Å². The molecule has 1 unspecified atom stereocenters. The minimum atomic E-state index is 0.396. The van der Waals surface area contributed by atoms with E-state index in [9.17, 15) is 0 Å². The molecule has 102 valence electrons. The van der Waals surface area contributed by atoms with Gasteiger partial charge in [0.15, 0.2) is 0 Å². The zero-order valence-corrected chi connectivity index (χ0v) is 12.0. The predicted molar refractivity (Wildman–Crippen MR) is 77.4 cm³/mol. The topological polar surface area (TPSA) is 55.9 Å². The summed E-state index contributed by atoms with van der Waals surface area (Å²) in [5, 5.41) is 0.869. The first-order valence-corrected chi connectivity index (χ1v) is 7.88.